The van der Waals surface area contributed by atoms with Crippen molar-refractivity contribution in [2.45, 2.75) is 54.4 Å². The van der Waals surface area contributed by atoms with Crippen molar-refractivity contribution in [3.63, 3.8) is 0 Å². The first-order valence-corrected chi connectivity index (χ1v) is 13.3. The molecule has 0 atom stereocenters. The van der Waals surface area contributed by atoms with Crippen molar-refractivity contribution in [1.82, 2.24) is 9.88 Å². The number of nitrogens with two attached hydrogens (primary N) is 1. The minimum Gasteiger partial charge on any atom is -0.476 e. The van der Waals surface area contributed by atoms with Gasteiger partial charge >= 0.3 is 0 Å². The first-order chi connectivity index (χ1) is 17.5. The third kappa shape index (κ3) is 14.0. The van der Waals surface area contributed by atoms with Crippen LogP contribution in [-0.2, 0) is 4.74 Å². The number of hydrogen-bond acceptors (Lipinski definition) is 7. The molecular formula is C28H48FN5O2. The predicted molar refractivity (Wildman–Crippen MR) is 151 cm³/mol. The average Bonchev–Trinajstić information content (AvgIpc) is 2.91. The van der Waals surface area contributed by atoms with Crippen molar-refractivity contribution >= 4 is 17.7 Å². The zero-order valence-corrected chi connectivity index (χ0v) is 23.2. The number of nitrogens with one attached hydrogen (secondary N) is 1. The molecule has 2 aromatic rings. The number of rotatable bonds is 10. The second-order valence-electron chi connectivity index (χ2n) is 7.58. The van der Waals surface area contributed by atoms with Gasteiger partial charge in [-0.25, -0.2) is 4.39 Å². The van der Waals surface area contributed by atoms with Gasteiger partial charge in [0.25, 0.3) is 0 Å². The van der Waals surface area contributed by atoms with E-state index in [9.17, 15) is 4.39 Å². The number of morpholine rings is 1. The van der Waals surface area contributed by atoms with E-state index in [-0.39, 0.29) is 5.82 Å². The third-order valence-corrected chi connectivity index (χ3v) is 4.94. The Morgan fingerprint density at radius 2 is 1.72 bits per heavy atom. The second-order valence-corrected chi connectivity index (χ2v) is 7.58. The first-order valence-electron chi connectivity index (χ1n) is 13.3. The Labute approximate surface area is 218 Å². The lowest BCUT2D eigenvalue weighted by molar-refractivity contribution is 0.0320. The molecule has 0 unspecified atom stereocenters. The maximum absolute atomic E-state index is 12.3. The molecule has 7 nitrogen and oxygen atoms in total. The summed E-state index contributed by atoms with van der Waals surface area (Å²) < 4.78 is 23.4. The fourth-order valence-corrected chi connectivity index (χ4v) is 3.38. The van der Waals surface area contributed by atoms with E-state index in [1.165, 1.54) is 12.1 Å². The molecule has 0 bridgehead atoms. The van der Waals surface area contributed by atoms with Crippen LogP contribution in [0.1, 0.15) is 59.9 Å². The van der Waals surface area contributed by atoms with Crippen LogP contribution in [0.2, 0.25) is 0 Å². The van der Waals surface area contributed by atoms with Gasteiger partial charge in [-0.1, -0.05) is 53.7 Å². The van der Waals surface area contributed by atoms with Crippen molar-refractivity contribution in [2.75, 3.05) is 63.2 Å². The van der Waals surface area contributed by atoms with Crippen molar-refractivity contribution in [2.24, 2.45) is 0 Å². The number of nitrogen functional groups attached to an aromatic ring is 1. The fourth-order valence-electron chi connectivity index (χ4n) is 3.38. The second kappa shape index (κ2) is 21.6. The van der Waals surface area contributed by atoms with Gasteiger partial charge in [-0.3, -0.25) is 4.90 Å². The quantitative estimate of drug-likeness (QED) is 0.392. The topological polar surface area (TPSA) is 87.7 Å². The van der Waals surface area contributed by atoms with Gasteiger partial charge in [-0.2, -0.15) is 4.98 Å². The molecule has 1 saturated heterocycles. The van der Waals surface area contributed by atoms with Crippen molar-refractivity contribution in [3.05, 3.63) is 47.8 Å². The SMILES string of the molecule is CC.CC.CCCN(CCC)c1cc(N)nc(OCCN2CCOCC2)c1.N=Cc1cccc(F)c1. The molecule has 1 aromatic heterocycles. The van der Waals surface area contributed by atoms with E-state index < -0.39 is 0 Å². The number of hydrogen-bond donors (Lipinski definition) is 2. The molecule has 0 aliphatic carbocycles. The smallest absolute Gasteiger partial charge is 0.217 e. The Balaban J connectivity index is 0.000000783. The molecule has 1 aliphatic rings. The normalized spacial score (nSPS) is 12.5. The molecule has 2 heterocycles. The highest BCUT2D eigenvalue weighted by molar-refractivity contribution is 5.76. The molecule has 0 radical (unpaired) electrons. The molecule has 8 heteroatoms. The van der Waals surface area contributed by atoms with Crippen LogP contribution < -0.4 is 15.4 Å². The molecular weight excluding hydrogens is 457 g/mol. The number of halogens is 1. The highest BCUT2D eigenvalue weighted by Gasteiger charge is 2.12. The van der Waals surface area contributed by atoms with Crippen molar-refractivity contribution in [3.8, 4) is 5.88 Å². The van der Waals surface area contributed by atoms with E-state index in [1.54, 1.807) is 12.1 Å². The number of nitrogens with zero attached hydrogens (tertiary/aromatic N) is 3. The van der Waals surface area contributed by atoms with Gasteiger partial charge in [-0.05, 0) is 30.5 Å². The minimum atomic E-state index is -0.295. The van der Waals surface area contributed by atoms with Crippen LogP contribution in [0.3, 0.4) is 0 Å². The lowest BCUT2D eigenvalue weighted by atomic mass is 10.2. The summed E-state index contributed by atoms with van der Waals surface area (Å²) in [6.45, 7) is 19.5. The van der Waals surface area contributed by atoms with Crippen LogP contribution in [0, 0.1) is 11.2 Å². The summed E-state index contributed by atoms with van der Waals surface area (Å²) in [4.78, 5) is 8.99. The number of benzene rings is 1. The summed E-state index contributed by atoms with van der Waals surface area (Å²) in [5.74, 6) is 0.836. The standard InChI is InChI=1S/C17H30N4O2.C7H6FN.2C2H6/c1-3-5-21(6-4-2)15-13-16(18)19-17(14-15)23-12-9-20-7-10-22-11-8-20;8-7-3-1-2-6(4-7)5-9;2*1-2/h13-14H,3-12H2,1-2H3,(H2,18,19);1-5,9H;2*1-2H3. The first kappa shape index (κ1) is 33.3. The Kier molecular flexibility index (Phi) is 19.9. The monoisotopic (exact) mass is 505 g/mol. The maximum Gasteiger partial charge on any atom is 0.217 e. The molecule has 36 heavy (non-hydrogen) atoms. The number of pyridine rings is 1. The van der Waals surface area contributed by atoms with Gasteiger partial charge in [0.15, 0.2) is 0 Å². The Hall–Kier alpha value is -2.71. The van der Waals surface area contributed by atoms with E-state index in [2.05, 4.69) is 28.6 Å². The Morgan fingerprint density at radius 3 is 2.25 bits per heavy atom. The van der Waals surface area contributed by atoms with E-state index in [1.807, 2.05) is 39.8 Å². The van der Waals surface area contributed by atoms with Crippen LogP contribution in [0.25, 0.3) is 0 Å². The number of anilines is 2. The van der Waals surface area contributed by atoms with Crippen LogP contribution >= 0.6 is 0 Å². The van der Waals surface area contributed by atoms with Crippen LogP contribution in [0.15, 0.2) is 36.4 Å². The van der Waals surface area contributed by atoms with E-state index >= 15 is 0 Å². The van der Waals surface area contributed by atoms with E-state index in [0.29, 0.717) is 23.9 Å². The highest BCUT2D eigenvalue weighted by Crippen LogP contribution is 2.23. The van der Waals surface area contributed by atoms with Gasteiger partial charge in [0.05, 0.1) is 13.2 Å². The van der Waals surface area contributed by atoms with Gasteiger partial charge in [0.2, 0.25) is 5.88 Å². The zero-order chi connectivity index (χ0) is 27.2. The lowest BCUT2D eigenvalue weighted by Gasteiger charge is -2.26. The number of aromatic nitrogens is 1. The maximum atomic E-state index is 12.3. The van der Waals surface area contributed by atoms with Gasteiger partial charge in [0.1, 0.15) is 18.2 Å². The Bertz CT molecular complexity index is 810. The fraction of sp³-hybridized carbons (Fsp3) is 0.571. The average molecular weight is 506 g/mol. The minimum absolute atomic E-state index is 0.295. The van der Waals surface area contributed by atoms with Crippen LogP contribution in [0.5, 0.6) is 5.88 Å². The molecule has 0 spiro atoms. The molecule has 1 aliphatic heterocycles. The molecule has 1 fully saturated rings. The van der Waals surface area contributed by atoms with Gasteiger partial charge in [-0.15, -0.1) is 0 Å². The van der Waals surface area contributed by atoms with Crippen LogP contribution in [-0.4, -0.2) is 68.6 Å². The molecule has 204 valence electrons. The van der Waals surface area contributed by atoms with E-state index in [4.69, 9.17) is 20.6 Å². The predicted octanol–water partition coefficient (Wildman–Crippen LogP) is 5.88. The summed E-state index contributed by atoms with van der Waals surface area (Å²) in [6.07, 6.45) is 3.33. The van der Waals surface area contributed by atoms with Gasteiger partial charge < -0.3 is 25.5 Å². The largest absolute Gasteiger partial charge is 0.476 e. The molecule has 1 aromatic carbocycles. The molecule has 0 saturated carbocycles. The summed E-state index contributed by atoms with van der Waals surface area (Å²) in [7, 11) is 0. The number of ether oxygens (including phenoxy) is 2. The summed E-state index contributed by atoms with van der Waals surface area (Å²) >= 11 is 0. The lowest BCUT2D eigenvalue weighted by Crippen LogP contribution is -2.38. The van der Waals surface area contributed by atoms with Crippen LogP contribution in [0.4, 0.5) is 15.9 Å². The summed E-state index contributed by atoms with van der Waals surface area (Å²) in [6, 6.07) is 9.85. The van der Waals surface area contributed by atoms with Crippen molar-refractivity contribution < 1.29 is 13.9 Å². The highest BCUT2D eigenvalue weighted by atomic mass is 19.1. The summed E-state index contributed by atoms with van der Waals surface area (Å²) in [5.41, 5.74) is 7.65. The third-order valence-electron chi connectivity index (χ3n) is 4.94. The molecule has 3 N–H and O–H groups in total. The zero-order valence-electron chi connectivity index (χ0n) is 23.2. The Morgan fingerprint density at radius 1 is 1.08 bits per heavy atom. The molecule has 0 amide bonds. The van der Waals surface area contributed by atoms with Gasteiger partial charge in [0, 0.05) is 56.8 Å². The molecule has 3 rings (SSSR count). The van der Waals surface area contributed by atoms with Crippen molar-refractivity contribution in [1.29, 1.82) is 5.41 Å². The van der Waals surface area contributed by atoms with E-state index in [0.717, 1.165) is 70.7 Å². The summed E-state index contributed by atoms with van der Waals surface area (Å²) in [5, 5.41) is 6.75.